The van der Waals surface area contributed by atoms with Gasteiger partial charge in [0.25, 0.3) is 0 Å². The Balaban J connectivity index is 1.66. The number of halogens is 2. The van der Waals surface area contributed by atoms with E-state index in [1.807, 2.05) is 24.3 Å². The zero-order chi connectivity index (χ0) is 14.3. The number of nitrogens with one attached hydrogen (secondary N) is 1. The van der Waals surface area contributed by atoms with Crippen molar-refractivity contribution >= 4 is 27.5 Å². The number of benzene rings is 1. The van der Waals surface area contributed by atoms with Crippen LogP contribution in [0.3, 0.4) is 0 Å². The van der Waals surface area contributed by atoms with E-state index in [0.29, 0.717) is 12.0 Å². The summed E-state index contributed by atoms with van der Waals surface area (Å²) in [6.07, 6.45) is 6.53. The van der Waals surface area contributed by atoms with E-state index >= 15 is 0 Å². The van der Waals surface area contributed by atoms with Crippen LogP contribution in [0.25, 0.3) is 0 Å². The topological polar surface area (TPSA) is 21.3 Å². The van der Waals surface area contributed by atoms with Crippen LogP contribution in [0.1, 0.15) is 32.1 Å². The summed E-state index contributed by atoms with van der Waals surface area (Å²) in [5.74, 6) is 1.68. The third kappa shape index (κ3) is 4.94. The van der Waals surface area contributed by atoms with Crippen LogP contribution in [0.5, 0.6) is 5.75 Å². The first kappa shape index (κ1) is 16.1. The van der Waals surface area contributed by atoms with Gasteiger partial charge in [0.1, 0.15) is 12.4 Å². The van der Waals surface area contributed by atoms with E-state index in [2.05, 4.69) is 21.2 Å². The minimum atomic E-state index is 0.315. The monoisotopic (exact) mass is 359 g/mol. The lowest BCUT2D eigenvalue weighted by molar-refractivity contribution is 0.206. The van der Waals surface area contributed by atoms with Crippen molar-refractivity contribution in [3.63, 3.8) is 0 Å². The van der Waals surface area contributed by atoms with Crippen molar-refractivity contribution < 1.29 is 4.74 Å². The molecule has 0 aliphatic heterocycles. The summed E-state index contributed by atoms with van der Waals surface area (Å²) in [6.45, 7) is 2.57. The molecule has 0 saturated heterocycles. The molecule has 1 fully saturated rings. The van der Waals surface area contributed by atoms with Gasteiger partial charge in [-0.1, -0.05) is 41.3 Å². The Kier molecular flexibility index (Phi) is 6.66. The molecular weight excluding hydrogens is 338 g/mol. The smallest absolute Gasteiger partial charge is 0.120 e. The molecule has 4 heteroatoms. The van der Waals surface area contributed by atoms with E-state index in [1.54, 1.807) is 0 Å². The first-order chi connectivity index (χ1) is 9.74. The molecular formula is C16H23BrClNO. The second kappa shape index (κ2) is 8.26. The molecule has 20 heavy (non-hydrogen) atoms. The zero-order valence-corrected chi connectivity index (χ0v) is 14.2. The maximum atomic E-state index is 6.19. The van der Waals surface area contributed by atoms with Crippen LogP contribution in [0, 0.1) is 5.41 Å². The number of hydrogen-bond donors (Lipinski definition) is 1. The quantitative estimate of drug-likeness (QED) is 0.566. The van der Waals surface area contributed by atoms with E-state index in [1.165, 1.54) is 32.1 Å². The summed E-state index contributed by atoms with van der Waals surface area (Å²) in [5, 5.41) is 3.51. The molecule has 0 radical (unpaired) electrons. The zero-order valence-electron chi connectivity index (χ0n) is 11.8. The summed E-state index contributed by atoms with van der Waals surface area (Å²) in [7, 11) is 0. The molecule has 112 valence electrons. The maximum absolute atomic E-state index is 6.19. The van der Waals surface area contributed by atoms with Crippen LogP contribution in [0.4, 0.5) is 0 Å². The predicted molar refractivity (Wildman–Crippen MR) is 88.7 cm³/mol. The molecule has 1 N–H and O–H groups in total. The lowest BCUT2D eigenvalue weighted by atomic mass is 9.75. The highest BCUT2D eigenvalue weighted by molar-refractivity contribution is 9.10. The minimum absolute atomic E-state index is 0.315. The number of ether oxygens (including phenoxy) is 1. The normalized spacial score (nSPS) is 17.9. The van der Waals surface area contributed by atoms with Crippen LogP contribution in [0.15, 0.2) is 28.7 Å². The number of alkyl halides is 1. The van der Waals surface area contributed by atoms with Crippen molar-refractivity contribution in [2.45, 2.75) is 32.1 Å². The van der Waals surface area contributed by atoms with Crippen molar-refractivity contribution in [1.82, 2.24) is 5.32 Å². The molecule has 0 atom stereocenters. The van der Waals surface area contributed by atoms with Crippen LogP contribution < -0.4 is 10.1 Å². The molecule has 0 bridgehead atoms. The third-order valence-corrected chi connectivity index (χ3v) is 5.10. The highest BCUT2D eigenvalue weighted by atomic mass is 79.9. The van der Waals surface area contributed by atoms with E-state index in [-0.39, 0.29) is 0 Å². The van der Waals surface area contributed by atoms with Gasteiger partial charge in [0.05, 0.1) is 0 Å². The fourth-order valence-corrected chi connectivity index (χ4v) is 3.55. The minimum Gasteiger partial charge on any atom is -0.492 e. The van der Waals surface area contributed by atoms with Crippen LogP contribution in [-0.2, 0) is 0 Å². The van der Waals surface area contributed by atoms with E-state index < -0.39 is 0 Å². The van der Waals surface area contributed by atoms with Gasteiger partial charge in [-0.25, -0.2) is 0 Å². The van der Waals surface area contributed by atoms with Crippen LogP contribution in [-0.4, -0.2) is 25.6 Å². The van der Waals surface area contributed by atoms with Gasteiger partial charge in [-0.15, -0.1) is 11.6 Å². The Morgan fingerprint density at radius 3 is 2.75 bits per heavy atom. The molecule has 0 aromatic heterocycles. The van der Waals surface area contributed by atoms with Crippen molar-refractivity contribution in [3.8, 4) is 5.75 Å². The number of rotatable bonds is 7. The summed E-state index contributed by atoms with van der Waals surface area (Å²) in [5.41, 5.74) is 0.315. The lowest BCUT2D eigenvalue weighted by Gasteiger charge is -2.35. The van der Waals surface area contributed by atoms with Crippen LogP contribution in [0.2, 0.25) is 0 Å². The van der Waals surface area contributed by atoms with Gasteiger partial charge in [0.2, 0.25) is 0 Å². The molecule has 2 rings (SSSR count). The van der Waals surface area contributed by atoms with E-state index in [0.717, 1.165) is 29.2 Å². The summed E-state index contributed by atoms with van der Waals surface area (Å²) >= 11 is 9.63. The highest BCUT2D eigenvalue weighted by Crippen LogP contribution is 2.36. The van der Waals surface area contributed by atoms with Crippen molar-refractivity contribution in [3.05, 3.63) is 28.7 Å². The molecule has 0 spiro atoms. The molecule has 1 aliphatic carbocycles. The molecule has 2 nitrogen and oxygen atoms in total. The lowest BCUT2D eigenvalue weighted by Crippen LogP contribution is -2.39. The van der Waals surface area contributed by atoms with Gasteiger partial charge in [0.15, 0.2) is 0 Å². The van der Waals surface area contributed by atoms with Gasteiger partial charge < -0.3 is 10.1 Å². The molecule has 1 aromatic rings. The van der Waals surface area contributed by atoms with Crippen molar-refractivity contribution in [2.24, 2.45) is 5.41 Å². The Labute approximate surface area is 135 Å². The average molecular weight is 361 g/mol. The Morgan fingerprint density at radius 1 is 1.25 bits per heavy atom. The van der Waals surface area contributed by atoms with Crippen molar-refractivity contribution in [1.29, 1.82) is 0 Å². The SMILES string of the molecule is ClCC1(CNCCOc2cccc(Br)c2)CCCCC1. The highest BCUT2D eigenvalue weighted by Gasteiger charge is 2.30. The third-order valence-electron chi connectivity index (χ3n) is 4.04. The molecule has 1 saturated carbocycles. The first-order valence-electron chi connectivity index (χ1n) is 7.39. The molecule has 0 amide bonds. The van der Waals surface area contributed by atoms with E-state index in [4.69, 9.17) is 16.3 Å². The fraction of sp³-hybridized carbons (Fsp3) is 0.625. The predicted octanol–water partition coefficient (Wildman–Crippen LogP) is 4.61. The maximum Gasteiger partial charge on any atom is 0.120 e. The summed E-state index contributed by atoms with van der Waals surface area (Å²) < 4.78 is 6.76. The molecule has 1 aromatic carbocycles. The molecule has 1 aliphatic rings. The summed E-state index contributed by atoms with van der Waals surface area (Å²) in [6, 6.07) is 7.95. The average Bonchev–Trinajstić information content (AvgIpc) is 2.48. The van der Waals surface area contributed by atoms with Gasteiger partial charge in [-0.3, -0.25) is 0 Å². The largest absolute Gasteiger partial charge is 0.492 e. The van der Waals surface area contributed by atoms with Gasteiger partial charge in [0, 0.05) is 23.4 Å². The van der Waals surface area contributed by atoms with Gasteiger partial charge in [-0.2, -0.15) is 0 Å². The fourth-order valence-electron chi connectivity index (χ4n) is 2.81. The van der Waals surface area contributed by atoms with E-state index in [9.17, 15) is 0 Å². The molecule has 0 unspecified atom stereocenters. The second-order valence-corrected chi connectivity index (χ2v) is 6.86. The number of hydrogen-bond acceptors (Lipinski definition) is 2. The Morgan fingerprint density at radius 2 is 2.05 bits per heavy atom. The Hall–Kier alpha value is -0.250. The van der Waals surface area contributed by atoms with Crippen LogP contribution >= 0.6 is 27.5 Å². The first-order valence-corrected chi connectivity index (χ1v) is 8.72. The molecule has 0 heterocycles. The van der Waals surface area contributed by atoms with Crippen molar-refractivity contribution in [2.75, 3.05) is 25.6 Å². The standard InChI is InChI=1S/C16H23BrClNO/c17-14-5-4-6-15(11-14)20-10-9-19-13-16(12-18)7-2-1-3-8-16/h4-6,11,19H,1-3,7-10,12-13H2. The Bertz CT molecular complexity index is 407. The second-order valence-electron chi connectivity index (χ2n) is 5.68. The van der Waals surface area contributed by atoms with Gasteiger partial charge in [-0.05, 0) is 36.5 Å². The van der Waals surface area contributed by atoms with Gasteiger partial charge >= 0.3 is 0 Å². The summed E-state index contributed by atoms with van der Waals surface area (Å²) in [4.78, 5) is 0.